The Labute approximate surface area is 147 Å². The molecule has 146 valence electrons. The average Bonchev–Trinajstić information content (AvgIpc) is 2.60. The zero-order valence-corrected chi connectivity index (χ0v) is 15.9. The molecule has 0 saturated carbocycles. The van der Waals surface area contributed by atoms with Crippen LogP contribution >= 0.6 is 0 Å². The van der Waals surface area contributed by atoms with Gasteiger partial charge in [-0.2, -0.15) is 0 Å². The average molecular weight is 350 g/mol. The van der Waals surface area contributed by atoms with Crippen LogP contribution in [0.25, 0.3) is 0 Å². The van der Waals surface area contributed by atoms with E-state index in [1.807, 2.05) is 0 Å². The van der Waals surface area contributed by atoms with Crippen LogP contribution < -0.4 is 0 Å². The molecule has 0 radical (unpaired) electrons. The van der Waals surface area contributed by atoms with Gasteiger partial charge in [0.05, 0.1) is 46.2 Å². The zero-order chi connectivity index (χ0) is 18.3. The molecule has 0 unspecified atom stereocenters. The monoisotopic (exact) mass is 350 g/mol. The summed E-state index contributed by atoms with van der Waals surface area (Å²) in [6.07, 6.45) is 6.18. The first-order valence-corrected chi connectivity index (χ1v) is 9.22. The molecular weight excluding hydrogens is 312 g/mol. The third-order valence-electron chi connectivity index (χ3n) is 2.95. The minimum absolute atomic E-state index is 0.0281. The third kappa shape index (κ3) is 26.2. The summed E-state index contributed by atoms with van der Waals surface area (Å²) in [6.45, 7) is 9.41. The van der Waals surface area contributed by atoms with Crippen molar-refractivity contribution in [3.63, 3.8) is 0 Å². The number of carbonyl (C=O) groups is 1. The van der Waals surface area contributed by atoms with Crippen molar-refractivity contribution in [1.29, 1.82) is 0 Å². The van der Waals surface area contributed by atoms with Gasteiger partial charge in [-0.1, -0.05) is 46.5 Å². The number of carbonyl (C=O) groups excluding carboxylic acids is 1. The lowest BCUT2D eigenvalue weighted by molar-refractivity contribution is -0.145. The fraction of sp³-hybridized carbons (Fsp3) is 0.944. The maximum absolute atomic E-state index is 11.2. The normalized spacial score (nSPS) is 10.2. The van der Waals surface area contributed by atoms with E-state index in [4.69, 9.17) is 24.1 Å². The second-order valence-electron chi connectivity index (χ2n) is 5.24. The van der Waals surface area contributed by atoms with Gasteiger partial charge in [0.1, 0.15) is 6.61 Å². The molecule has 24 heavy (non-hydrogen) atoms. The van der Waals surface area contributed by atoms with Gasteiger partial charge in [-0.05, 0) is 6.42 Å². The van der Waals surface area contributed by atoms with Crippen LogP contribution in [-0.4, -0.2) is 63.9 Å². The first kappa shape index (κ1) is 25.5. The van der Waals surface area contributed by atoms with Crippen LogP contribution in [0.4, 0.5) is 0 Å². The lowest BCUT2D eigenvalue weighted by Gasteiger charge is -2.07. The molecule has 0 aromatic rings. The molecule has 0 heterocycles. The molecule has 6 nitrogen and oxygen atoms in total. The molecule has 0 aromatic carbocycles. The number of ether oxygens (including phenoxy) is 4. The summed E-state index contributed by atoms with van der Waals surface area (Å²) in [5.74, 6) is -0.153. The Balaban J connectivity index is 0. The molecule has 0 rings (SSSR count). The van der Waals surface area contributed by atoms with Gasteiger partial charge in [-0.3, -0.25) is 4.79 Å². The van der Waals surface area contributed by atoms with E-state index < -0.39 is 0 Å². The number of aliphatic hydroxyl groups excluding tert-OH is 1. The van der Waals surface area contributed by atoms with Crippen LogP contribution in [0.5, 0.6) is 0 Å². The highest BCUT2D eigenvalue weighted by Gasteiger charge is 2.01. The van der Waals surface area contributed by atoms with Gasteiger partial charge >= 0.3 is 5.97 Å². The number of unbranched alkanes of at least 4 members (excludes halogenated alkanes) is 3. The highest BCUT2D eigenvalue weighted by atomic mass is 16.6. The van der Waals surface area contributed by atoms with Crippen molar-refractivity contribution in [3.05, 3.63) is 0 Å². The van der Waals surface area contributed by atoms with E-state index >= 15 is 0 Å². The minimum Gasteiger partial charge on any atom is -0.463 e. The Bertz CT molecular complexity index is 234. The van der Waals surface area contributed by atoms with E-state index in [-0.39, 0.29) is 12.6 Å². The fourth-order valence-corrected chi connectivity index (χ4v) is 1.41. The van der Waals surface area contributed by atoms with Crippen molar-refractivity contribution in [2.45, 2.75) is 59.3 Å². The Morgan fingerprint density at radius 3 is 1.67 bits per heavy atom. The Kier molecular flexibility index (Phi) is 26.1. The SMILES string of the molecule is CCCC.CCCCCC(=O)OCCOCCOCCOCCO. The molecule has 0 aromatic heterocycles. The van der Waals surface area contributed by atoms with Gasteiger partial charge in [-0.15, -0.1) is 0 Å². The quantitative estimate of drug-likeness (QED) is 0.341. The molecule has 0 aliphatic heterocycles. The Morgan fingerprint density at radius 1 is 0.708 bits per heavy atom. The molecule has 0 spiro atoms. The molecule has 0 atom stereocenters. The van der Waals surface area contributed by atoms with E-state index in [1.165, 1.54) is 12.8 Å². The molecule has 6 heteroatoms. The van der Waals surface area contributed by atoms with E-state index in [0.717, 1.165) is 19.3 Å². The van der Waals surface area contributed by atoms with Crippen LogP contribution in [0.15, 0.2) is 0 Å². The van der Waals surface area contributed by atoms with Crippen molar-refractivity contribution in [1.82, 2.24) is 0 Å². The van der Waals surface area contributed by atoms with E-state index in [0.29, 0.717) is 52.7 Å². The minimum atomic E-state index is -0.153. The predicted octanol–water partition coefficient (Wildman–Crippen LogP) is 2.96. The number of esters is 1. The molecule has 0 bridgehead atoms. The maximum atomic E-state index is 11.2. The van der Waals surface area contributed by atoms with E-state index in [1.54, 1.807) is 0 Å². The second-order valence-corrected chi connectivity index (χ2v) is 5.24. The van der Waals surface area contributed by atoms with Crippen LogP contribution in [0, 0.1) is 0 Å². The number of hydrogen-bond acceptors (Lipinski definition) is 6. The number of aliphatic hydroxyl groups is 1. The van der Waals surface area contributed by atoms with Crippen LogP contribution in [-0.2, 0) is 23.7 Å². The van der Waals surface area contributed by atoms with Gasteiger partial charge in [0.15, 0.2) is 0 Å². The second kappa shape index (κ2) is 24.6. The Hall–Kier alpha value is -0.690. The number of hydrogen-bond donors (Lipinski definition) is 1. The summed E-state index contributed by atoms with van der Waals surface area (Å²) in [4.78, 5) is 11.2. The van der Waals surface area contributed by atoms with Gasteiger partial charge in [-0.25, -0.2) is 0 Å². The van der Waals surface area contributed by atoms with Crippen molar-refractivity contribution < 1.29 is 28.8 Å². The van der Waals surface area contributed by atoms with Crippen molar-refractivity contribution in [2.24, 2.45) is 0 Å². The molecule has 0 saturated heterocycles. The van der Waals surface area contributed by atoms with Crippen molar-refractivity contribution in [3.8, 4) is 0 Å². The van der Waals surface area contributed by atoms with Crippen molar-refractivity contribution >= 4 is 5.97 Å². The number of rotatable bonds is 16. The molecule has 0 fully saturated rings. The van der Waals surface area contributed by atoms with E-state index in [9.17, 15) is 4.79 Å². The summed E-state index contributed by atoms with van der Waals surface area (Å²) < 4.78 is 20.5. The highest BCUT2D eigenvalue weighted by Crippen LogP contribution is 2.00. The van der Waals surface area contributed by atoms with Gasteiger partial charge in [0.25, 0.3) is 0 Å². The summed E-state index contributed by atoms with van der Waals surface area (Å²) in [6, 6.07) is 0. The Morgan fingerprint density at radius 2 is 1.21 bits per heavy atom. The predicted molar refractivity (Wildman–Crippen MR) is 95.2 cm³/mol. The van der Waals surface area contributed by atoms with E-state index in [2.05, 4.69) is 20.8 Å². The molecule has 0 aliphatic rings. The van der Waals surface area contributed by atoms with Crippen molar-refractivity contribution in [2.75, 3.05) is 52.9 Å². The highest BCUT2D eigenvalue weighted by molar-refractivity contribution is 5.69. The summed E-state index contributed by atoms with van der Waals surface area (Å²) in [5, 5.41) is 8.47. The largest absolute Gasteiger partial charge is 0.463 e. The first-order chi connectivity index (χ1) is 11.7. The van der Waals surface area contributed by atoms with Gasteiger partial charge < -0.3 is 24.1 Å². The summed E-state index contributed by atoms with van der Waals surface area (Å²) >= 11 is 0. The van der Waals surface area contributed by atoms with Crippen LogP contribution in [0.3, 0.4) is 0 Å². The standard InChI is InChI=1S/C14H28O6.C4H10/c1-2-3-4-5-14(16)20-13-12-19-11-10-18-9-8-17-7-6-15;1-3-4-2/h15H,2-13H2,1H3;3-4H2,1-2H3. The lowest BCUT2D eigenvalue weighted by Crippen LogP contribution is -2.14. The topological polar surface area (TPSA) is 74.2 Å². The lowest BCUT2D eigenvalue weighted by atomic mass is 10.2. The van der Waals surface area contributed by atoms with Gasteiger partial charge in [0.2, 0.25) is 0 Å². The molecule has 0 amide bonds. The van der Waals surface area contributed by atoms with Crippen LogP contribution in [0.2, 0.25) is 0 Å². The molecular formula is C18H38O6. The molecule has 0 aliphatic carbocycles. The van der Waals surface area contributed by atoms with Gasteiger partial charge in [0, 0.05) is 6.42 Å². The fourth-order valence-electron chi connectivity index (χ4n) is 1.41. The third-order valence-corrected chi connectivity index (χ3v) is 2.95. The molecule has 1 N–H and O–H groups in total. The summed E-state index contributed by atoms with van der Waals surface area (Å²) in [7, 11) is 0. The maximum Gasteiger partial charge on any atom is 0.305 e. The zero-order valence-electron chi connectivity index (χ0n) is 15.9. The smallest absolute Gasteiger partial charge is 0.305 e. The summed E-state index contributed by atoms with van der Waals surface area (Å²) in [5.41, 5.74) is 0. The first-order valence-electron chi connectivity index (χ1n) is 9.22. The van der Waals surface area contributed by atoms with Crippen LogP contribution in [0.1, 0.15) is 59.3 Å².